The molecule has 7 heteroatoms. The third-order valence-corrected chi connectivity index (χ3v) is 4.64. The number of para-hydroxylation sites is 1. The zero-order chi connectivity index (χ0) is 16.4. The molecule has 4 rings (SSSR count). The van der Waals surface area contributed by atoms with Gasteiger partial charge in [-0.3, -0.25) is 4.98 Å². The zero-order valence-electron chi connectivity index (χ0n) is 12.6. The first-order chi connectivity index (χ1) is 11.8. The molecule has 0 bridgehead atoms. The second-order valence-electron chi connectivity index (χ2n) is 5.13. The molecule has 0 aliphatic rings. The third-order valence-electron chi connectivity index (χ3n) is 3.54. The summed E-state index contributed by atoms with van der Waals surface area (Å²) in [7, 11) is 0. The first-order valence-corrected chi connectivity index (χ1v) is 8.22. The molecule has 0 aliphatic heterocycles. The largest absolute Gasteiger partial charge is 0.344 e. The highest BCUT2D eigenvalue weighted by molar-refractivity contribution is 7.15. The molecule has 6 nitrogen and oxygen atoms in total. The van der Waals surface area contributed by atoms with Crippen LogP contribution in [-0.2, 0) is 6.54 Å². The van der Waals surface area contributed by atoms with Gasteiger partial charge in [-0.25, -0.2) is 4.79 Å². The SMILES string of the molecule is O=C(NCc1ccc(-c2ccccn2)s1)n1nnc2ccccc21. The number of hydrogen-bond acceptors (Lipinski definition) is 5. The van der Waals surface area contributed by atoms with Crippen molar-refractivity contribution >= 4 is 28.4 Å². The summed E-state index contributed by atoms with van der Waals surface area (Å²) in [5.41, 5.74) is 2.32. The van der Waals surface area contributed by atoms with Crippen LogP contribution in [0, 0.1) is 0 Å². The number of aromatic nitrogens is 4. The molecule has 24 heavy (non-hydrogen) atoms. The van der Waals surface area contributed by atoms with Crippen molar-refractivity contribution in [3.05, 3.63) is 65.7 Å². The third kappa shape index (κ3) is 2.77. The van der Waals surface area contributed by atoms with Crippen LogP contribution in [-0.4, -0.2) is 26.0 Å². The quantitative estimate of drug-likeness (QED) is 0.623. The first kappa shape index (κ1) is 14.5. The predicted molar refractivity (Wildman–Crippen MR) is 92.7 cm³/mol. The highest BCUT2D eigenvalue weighted by Gasteiger charge is 2.11. The van der Waals surface area contributed by atoms with Gasteiger partial charge in [0.1, 0.15) is 5.52 Å². The van der Waals surface area contributed by atoms with Crippen LogP contribution in [0.3, 0.4) is 0 Å². The molecule has 0 atom stereocenters. The van der Waals surface area contributed by atoms with Crippen molar-refractivity contribution in [1.29, 1.82) is 0 Å². The van der Waals surface area contributed by atoms with E-state index in [-0.39, 0.29) is 6.03 Å². The normalized spacial score (nSPS) is 10.8. The van der Waals surface area contributed by atoms with Gasteiger partial charge >= 0.3 is 6.03 Å². The van der Waals surface area contributed by atoms with E-state index in [4.69, 9.17) is 0 Å². The number of thiophene rings is 1. The Morgan fingerprint density at radius 2 is 1.96 bits per heavy atom. The number of carbonyl (C=O) groups is 1. The van der Waals surface area contributed by atoms with E-state index in [9.17, 15) is 4.79 Å². The molecule has 3 aromatic heterocycles. The molecule has 1 N–H and O–H groups in total. The summed E-state index contributed by atoms with van der Waals surface area (Å²) < 4.78 is 1.28. The number of carbonyl (C=O) groups excluding carboxylic acids is 1. The highest BCUT2D eigenvalue weighted by Crippen LogP contribution is 2.26. The summed E-state index contributed by atoms with van der Waals surface area (Å²) in [6.07, 6.45) is 1.77. The molecule has 4 aromatic rings. The number of pyridine rings is 1. The van der Waals surface area contributed by atoms with Gasteiger partial charge in [-0.15, -0.1) is 16.4 Å². The van der Waals surface area contributed by atoms with Crippen LogP contribution in [0.25, 0.3) is 21.6 Å². The zero-order valence-corrected chi connectivity index (χ0v) is 13.4. The minimum Gasteiger partial charge on any atom is -0.331 e. The minimum atomic E-state index is -0.295. The molecular weight excluding hydrogens is 322 g/mol. The maximum absolute atomic E-state index is 12.3. The molecule has 0 saturated heterocycles. The van der Waals surface area contributed by atoms with Crippen LogP contribution in [0.1, 0.15) is 4.88 Å². The number of amides is 1. The second-order valence-corrected chi connectivity index (χ2v) is 6.30. The minimum absolute atomic E-state index is 0.295. The maximum Gasteiger partial charge on any atom is 0.344 e. The molecule has 1 amide bonds. The summed E-state index contributed by atoms with van der Waals surface area (Å²) in [4.78, 5) is 18.8. The van der Waals surface area contributed by atoms with Crippen LogP contribution in [0.5, 0.6) is 0 Å². The molecule has 0 unspecified atom stereocenters. The van der Waals surface area contributed by atoms with Crippen molar-refractivity contribution in [2.75, 3.05) is 0 Å². The van der Waals surface area contributed by atoms with Crippen molar-refractivity contribution < 1.29 is 4.79 Å². The average Bonchev–Trinajstić information content (AvgIpc) is 3.27. The lowest BCUT2D eigenvalue weighted by Crippen LogP contribution is -2.28. The van der Waals surface area contributed by atoms with Crippen LogP contribution < -0.4 is 5.32 Å². The van der Waals surface area contributed by atoms with E-state index in [1.807, 2.05) is 54.6 Å². The summed E-state index contributed by atoms with van der Waals surface area (Å²) >= 11 is 1.61. The molecular formula is C17H13N5OS. The van der Waals surface area contributed by atoms with Gasteiger partial charge < -0.3 is 5.32 Å². The Morgan fingerprint density at radius 1 is 1.08 bits per heavy atom. The molecule has 0 saturated carbocycles. The Hall–Kier alpha value is -3.06. The fourth-order valence-corrected chi connectivity index (χ4v) is 3.30. The van der Waals surface area contributed by atoms with E-state index in [1.165, 1.54) is 4.68 Å². The molecule has 118 valence electrons. The Labute approximate surface area is 141 Å². The first-order valence-electron chi connectivity index (χ1n) is 7.40. The number of rotatable bonds is 3. The monoisotopic (exact) mass is 335 g/mol. The van der Waals surface area contributed by atoms with E-state index in [0.29, 0.717) is 17.6 Å². The lowest BCUT2D eigenvalue weighted by Gasteiger charge is -2.03. The van der Waals surface area contributed by atoms with E-state index in [2.05, 4.69) is 20.6 Å². The standard InChI is InChI=1S/C17H13N5OS/c23-17(22-15-7-2-1-5-13(15)20-21-22)19-11-12-8-9-16(24-12)14-6-3-4-10-18-14/h1-10H,11H2,(H,19,23). The number of fused-ring (bicyclic) bond motifs is 1. The van der Waals surface area contributed by atoms with Gasteiger partial charge in [0, 0.05) is 11.1 Å². The summed E-state index contributed by atoms with van der Waals surface area (Å²) in [6, 6.07) is 16.9. The number of nitrogens with zero attached hydrogens (tertiary/aromatic N) is 4. The molecule has 0 spiro atoms. The summed E-state index contributed by atoms with van der Waals surface area (Å²) in [6.45, 7) is 0.435. The lowest BCUT2D eigenvalue weighted by molar-refractivity contribution is 0.239. The Morgan fingerprint density at radius 3 is 2.83 bits per heavy atom. The van der Waals surface area contributed by atoms with E-state index < -0.39 is 0 Å². The lowest BCUT2D eigenvalue weighted by atomic mass is 10.3. The van der Waals surface area contributed by atoms with Gasteiger partial charge in [-0.05, 0) is 36.4 Å². The second kappa shape index (κ2) is 6.21. The predicted octanol–water partition coefficient (Wildman–Crippen LogP) is 3.31. The van der Waals surface area contributed by atoms with E-state index in [0.717, 1.165) is 15.4 Å². The number of hydrogen-bond donors (Lipinski definition) is 1. The van der Waals surface area contributed by atoms with E-state index in [1.54, 1.807) is 17.5 Å². The highest BCUT2D eigenvalue weighted by atomic mass is 32.1. The molecule has 0 radical (unpaired) electrons. The molecule has 0 fully saturated rings. The average molecular weight is 335 g/mol. The van der Waals surface area contributed by atoms with Crippen LogP contribution in [0.15, 0.2) is 60.8 Å². The van der Waals surface area contributed by atoms with Crippen molar-refractivity contribution in [3.8, 4) is 10.6 Å². The van der Waals surface area contributed by atoms with Crippen molar-refractivity contribution in [3.63, 3.8) is 0 Å². The Balaban J connectivity index is 1.47. The van der Waals surface area contributed by atoms with Gasteiger partial charge in [0.25, 0.3) is 0 Å². The fourth-order valence-electron chi connectivity index (χ4n) is 2.38. The number of benzene rings is 1. The summed E-state index contributed by atoms with van der Waals surface area (Å²) in [5, 5.41) is 10.8. The van der Waals surface area contributed by atoms with E-state index >= 15 is 0 Å². The van der Waals surface area contributed by atoms with Crippen LogP contribution >= 0.6 is 11.3 Å². The molecule has 0 aliphatic carbocycles. The molecule has 3 heterocycles. The smallest absolute Gasteiger partial charge is 0.331 e. The Bertz CT molecular complexity index is 992. The molecule has 1 aromatic carbocycles. The Kier molecular flexibility index (Phi) is 3.76. The van der Waals surface area contributed by atoms with Gasteiger partial charge in [0.2, 0.25) is 0 Å². The fraction of sp³-hybridized carbons (Fsp3) is 0.0588. The van der Waals surface area contributed by atoms with Crippen molar-refractivity contribution in [1.82, 2.24) is 25.3 Å². The van der Waals surface area contributed by atoms with Gasteiger partial charge in [-0.2, -0.15) is 4.68 Å². The van der Waals surface area contributed by atoms with Crippen molar-refractivity contribution in [2.24, 2.45) is 0 Å². The maximum atomic E-state index is 12.3. The van der Waals surface area contributed by atoms with Gasteiger partial charge in [0.05, 0.1) is 22.6 Å². The van der Waals surface area contributed by atoms with Gasteiger partial charge in [-0.1, -0.05) is 23.4 Å². The summed E-state index contributed by atoms with van der Waals surface area (Å²) in [5.74, 6) is 0. The van der Waals surface area contributed by atoms with Crippen LogP contribution in [0.4, 0.5) is 4.79 Å². The topological polar surface area (TPSA) is 72.7 Å². The number of nitrogens with one attached hydrogen (secondary N) is 1. The van der Waals surface area contributed by atoms with Crippen LogP contribution in [0.2, 0.25) is 0 Å². The van der Waals surface area contributed by atoms with Gasteiger partial charge in [0.15, 0.2) is 0 Å². The van der Waals surface area contributed by atoms with Crippen molar-refractivity contribution in [2.45, 2.75) is 6.54 Å².